The van der Waals surface area contributed by atoms with Gasteiger partial charge in [0.2, 0.25) is 0 Å². The fourth-order valence-corrected chi connectivity index (χ4v) is 1.67. The smallest absolute Gasteiger partial charge is 0.0926 e. The molecule has 2 aromatic rings. The van der Waals surface area contributed by atoms with Gasteiger partial charge in [-0.1, -0.05) is 15.9 Å². The summed E-state index contributed by atoms with van der Waals surface area (Å²) >= 11 is 3.49. The molecule has 0 N–H and O–H groups in total. The zero-order chi connectivity index (χ0) is 8.72. The van der Waals surface area contributed by atoms with Crippen LogP contribution in [0.2, 0.25) is 0 Å². The van der Waals surface area contributed by atoms with Crippen molar-refractivity contribution >= 4 is 26.8 Å². The maximum Gasteiger partial charge on any atom is 0.0926 e. The maximum atomic E-state index is 4.31. The van der Waals surface area contributed by atoms with Crippen molar-refractivity contribution in [1.82, 2.24) is 9.78 Å². The summed E-state index contributed by atoms with van der Waals surface area (Å²) in [6, 6.07) is 4.05. The number of benzene rings is 1. The third-order valence-electron chi connectivity index (χ3n) is 2.01. The molecule has 0 spiro atoms. The summed E-state index contributed by atoms with van der Waals surface area (Å²) in [5.74, 6) is 0. The van der Waals surface area contributed by atoms with Crippen LogP contribution in [0.3, 0.4) is 0 Å². The van der Waals surface area contributed by atoms with Gasteiger partial charge < -0.3 is 0 Å². The van der Waals surface area contributed by atoms with Gasteiger partial charge in [-0.15, -0.1) is 0 Å². The lowest BCUT2D eigenvalue weighted by atomic mass is 10.1. The standard InChI is InChI=1S/C9H9BrN2/c1-6-7-5-12(2)11-9(7)4-3-8(6)10/h3-5H,1-2H3. The molecule has 0 bridgehead atoms. The third-order valence-corrected chi connectivity index (χ3v) is 2.87. The predicted molar refractivity (Wildman–Crippen MR) is 53.2 cm³/mol. The van der Waals surface area contributed by atoms with Crippen LogP contribution < -0.4 is 0 Å². The van der Waals surface area contributed by atoms with Crippen LogP contribution in [0.1, 0.15) is 5.56 Å². The highest BCUT2D eigenvalue weighted by molar-refractivity contribution is 9.10. The first-order chi connectivity index (χ1) is 5.68. The highest BCUT2D eigenvalue weighted by Gasteiger charge is 2.03. The van der Waals surface area contributed by atoms with E-state index in [4.69, 9.17) is 0 Å². The molecule has 0 saturated heterocycles. The van der Waals surface area contributed by atoms with E-state index in [0.717, 1.165) is 9.99 Å². The topological polar surface area (TPSA) is 17.8 Å². The fraction of sp³-hybridized carbons (Fsp3) is 0.222. The lowest BCUT2D eigenvalue weighted by molar-refractivity contribution is 0.779. The number of rotatable bonds is 0. The van der Waals surface area contributed by atoms with Gasteiger partial charge in [0.25, 0.3) is 0 Å². The van der Waals surface area contributed by atoms with Crippen molar-refractivity contribution in [3.8, 4) is 0 Å². The molecule has 0 unspecified atom stereocenters. The lowest BCUT2D eigenvalue weighted by Gasteiger charge is -1.96. The summed E-state index contributed by atoms with van der Waals surface area (Å²) < 4.78 is 2.98. The molecule has 0 saturated carbocycles. The Kier molecular flexibility index (Phi) is 1.68. The highest BCUT2D eigenvalue weighted by Crippen LogP contribution is 2.24. The van der Waals surface area contributed by atoms with Crippen LogP contribution in [0, 0.1) is 6.92 Å². The van der Waals surface area contributed by atoms with Gasteiger partial charge in [0.1, 0.15) is 0 Å². The minimum absolute atomic E-state index is 1.05. The molecule has 0 aliphatic rings. The van der Waals surface area contributed by atoms with Gasteiger partial charge in [-0.25, -0.2) is 0 Å². The molecular weight excluding hydrogens is 216 g/mol. The molecule has 1 aromatic carbocycles. The number of nitrogens with zero attached hydrogens (tertiary/aromatic N) is 2. The number of hydrogen-bond donors (Lipinski definition) is 0. The molecule has 0 atom stereocenters. The molecule has 2 rings (SSSR count). The largest absolute Gasteiger partial charge is 0.275 e. The van der Waals surface area contributed by atoms with Crippen molar-refractivity contribution < 1.29 is 0 Å². The Hall–Kier alpha value is -0.830. The SMILES string of the molecule is Cc1c(Br)ccc2nn(C)cc12. The van der Waals surface area contributed by atoms with E-state index in [2.05, 4.69) is 28.0 Å². The van der Waals surface area contributed by atoms with E-state index in [0.29, 0.717) is 0 Å². The Balaban J connectivity index is 2.89. The minimum Gasteiger partial charge on any atom is -0.275 e. The molecular formula is C9H9BrN2. The molecule has 1 aromatic heterocycles. The van der Waals surface area contributed by atoms with Crippen LogP contribution in [0.15, 0.2) is 22.8 Å². The predicted octanol–water partition coefficient (Wildman–Crippen LogP) is 2.64. The van der Waals surface area contributed by atoms with Crippen molar-refractivity contribution in [2.24, 2.45) is 7.05 Å². The molecule has 1 heterocycles. The summed E-state index contributed by atoms with van der Waals surface area (Å²) in [6.45, 7) is 2.09. The Bertz CT molecular complexity index is 431. The number of aryl methyl sites for hydroxylation is 2. The Morgan fingerprint density at radius 1 is 1.42 bits per heavy atom. The average molecular weight is 225 g/mol. The number of aromatic nitrogens is 2. The van der Waals surface area contributed by atoms with Gasteiger partial charge in [-0.2, -0.15) is 5.10 Å². The summed E-state index contributed by atoms with van der Waals surface area (Å²) in [7, 11) is 1.94. The lowest BCUT2D eigenvalue weighted by Crippen LogP contribution is -1.84. The van der Waals surface area contributed by atoms with Crippen molar-refractivity contribution in [2.75, 3.05) is 0 Å². The normalized spacial score (nSPS) is 10.9. The molecule has 0 aliphatic carbocycles. The summed E-state index contributed by atoms with van der Waals surface area (Å²) in [5, 5.41) is 5.53. The zero-order valence-corrected chi connectivity index (χ0v) is 8.59. The van der Waals surface area contributed by atoms with Crippen molar-refractivity contribution in [2.45, 2.75) is 6.92 Å². The molecule has 0 amide bonds. The van der Waals surface area contributed by atoms with Gasteiger partial charge in [0.15, 0.2) is 0 Å². The highest BCUT2D eigenvalue weighted by atomic mass is 79.9. The Labute approximate surface area is 79.3 Å². The van der Waals surface area contributed by atoms with E-state index < -0.39 is 0 Å². The third kappa shape index (κ3) is 1.05. The van der Waals surface area contributed by atoms with Crippen LogP contribution in [0.25, 0.3) is 10.9 Å². The monoisotopic (exact) mass is 224 g/mol. The molecule has 0 radical (unpaired) electrons. The second-order valence-corrected chi connectivity index (χ2v) is 3.76. The number of halogens is 1. The van der Waals surface area contributed by atoms with Crippen molar-refractivity contribution in [3.63, 3.8) is 0 Å². The molecule has 0 aliphatic heterocycles. The maximum absolute atomic E-state index is 4.31. The van der Waals surface area contributed by atoms with Gasteiger partial charge in [0, 0.05) is 23.1 Å². The van der Waals surface area contributed by atoms with Crippen LogP contribution in [-0.4, -0.2) is 9.78 Å². The molecule has 0 fully saturated rings. The second kappa shape index (κ2) is 2.59. The first-order valence-electron chi connectivity index (χ1n) is 3.77. The van der Waals surface area contributed by atoms with Gasteiger partial charge in [-0.05, 0) is 24.6 Å². The van der Waals surface area contributed by atoms with Crippen molar-refractivity contribution in [3.05, 3.63) is 28.4 Å². The quantitative estimate of drug-likeness (QED) is 0.673. The fourth-order valence-electron chi connectivity index (χ4n) is 1.32. The summed E-state index contributed by atoms with van der Waals surface area (Å²) in [6.07, 6.45) is 2.04. The number of fused-ring (bicyclic) bond motifs is 1. The molecule has 2 nitrogen and oxygen atoms in total. The Morgan fingerprint density at radius 2 is 2.17 bits per heavy atom. The minimum atomic E-state index is 1.05. The van der Waals surface area contributed by atoms with E-state index in [1.165, 1.54) is 10.9 Å². The molecule has 12 heavy (non-hydrogen) atoms. The van der Waals surface area contributed by atoms with Gasteiger partial charge in [-0.3, -0.25) is 4.68 Å². The first kappa shape index (κ1) is 7.80. The van der Waals surface area contributed by atoms with E-state index in [-0.39, 0.29) is 0 Å². The first-order valence-corrected chi connectivity index (χ1v) is 4.56. The Morgan fingerprint density at radius 3 is 2.92 bits per heavy atom. The second-order valence-electron chi connectivity index (χ2n) is 2.91. The molecule has 62 valence electrons. The number of hydrogen-bond acceptors (Lipinski definition) is 1. The van der Waals surface area contributed by atoms with E-state index >= 15 is 0 Å². The van der Waals surface area contributed by atoms with Crippen LogP contribution in [0.5, 0.6) is 0 Å². The van der Waals surface area contributed by atoms with E-state index in [9.17, 15) is 0 Å². The van der Waals surface area contributed by atoms with Crippen molar-refractivity contribution in [1.29, 1.82) is 0 Å². The zero-order valence-electron chi connectivity index (χ0n) is 7.00. The van der Waals surface area contributed by atoms with Gasteiger partial charge >= 0.3 is 0 Å². The van der Waals surface area contributed by atoms with E-state index in [1.54, 1.807) is 0 Å². The van der Waals surface area contributed by atoms with Crippen LogP contribution in [0.4, 0.5) is 0 Å². The van der Waals surface area contributed by atoms with Crippen LogP contribution in [-0.2, 0) is 7.05 Å². The summed E-state index contributed by atoms with van der Waals surface area (Å²) in [4.78, 5) is 0. The average Bonchev–Trinajstić information content (AvgIpc) is 2.39. The van der Waals surface area contributed by atoms with Gasteiger partial charge in [0.05, 0.1) is 5.52 Å². The summed E-state index contributed by atoms with van der Waals surface area (Å²) in [5.41, 5.74) is 2.30. The van der Waals surface area contributed by atoms with Crippen LogP contribution >= 0.6 is 15.9 Å². The van der Waals surface area contributed by atoms with E-state index in [1.807, 2.05) is 30.1 Å². The molecule has 3 heteroatoms.